The van der Waals surface area contributed by atoms with E-state index in [-0.39, 0.29) is 11.2 Å². The molecule has 1 unspecified atom stereocenters. The number of aliphatic hydroxyl groups is 1. The molecule has 0 amide bonds. The predicted octanol–water partition coefficient (Wildman–Crippen LogP) is 3.91. The first-order chi connectivity index (χ1) is 12.6. The van der Waals surface area contributed by atoms with Crippen LogP contribution >= 0.6 is 0 Å². The van der Waals surface area contributed by atoms with E-state index in [0.29, 0.717) is 0 Å². The van der Waals surface area contributed by atoms with Crippen molar-refractivity contribution in [2.45, 2.75) is 44.1 Å². The largest absolute Gasteiger partial charge is 0.389 e. The molecule has 2 atom stereocenters. The number of rotatable bonds is 2. The molecule has 5 rings (SSSR count). The lowest BCUT2D eigenvalue weighted by Crippen LogP contribution is -2.34. The molecule has 1 heterocycles. The van der Waals surface area contributed by atoms with E-state index < -0.39 is 6.10 Å². The molecule has 0 saturated heterocycles. The molecule has 0 radical (unpaired) electrons. The Morgan fingerprint density at radius 2 is 2.00 bits per heavy atom. The number of halogens is 1. The summed E-state index contributed by atoms with van der Waals surface area (Å²) >= 11 is 0. The van der Waals surface area contributed by atoms with E-state index in [0.717, 1.165) is 53.4 Å². The number of allylic oxidation sites excluding steroid dienone is 1. The van der Waals surface area contributed by atoms with Gasteiger partial charge in [-0.2, -0.15) is 15.4 Å². The normalized spacial score (nSPS) is 24.8. The molecule has 1 aromatic heterocycles. The van der Waals surface area contributed by atoms with Crippen LogP contribution in [0.15, 0.2) is 42.0 Å². The molecule has 2 N–H and O–H groups in total. The number of aromatic nitrogens is 3. The zero-order chi connectivity index (χ0) is 17.9. The summed E-state index contributed by atoms with van der Waals surface area (Å²) in [7, 11) is 0. The second kappa shape index (κ2) is 5.48. The first-order valence-corrected chi connectivity index (χ1v) is 9.14. The lowest BCUT2D eigenvalue weighted by atomic mass is 9.65. The third kappa shape index (κ3) is 1.98. The van der Waals surface area contributed by atoms with Crippen molar-refractivity contribution in [3.8, 4) is 0 Å². The van der Waals surface area contributed by atoms with Gasteiger partial charge in [0.05, 0.1) is 6.10 Å². The highest BCUT2D eigenvalue weighted by molar-refractivity contribution is 5.93. The molecule has 2 aliphatic carbocycles. The maximum atomic E-state index is 13.6. The number of aliphatic hydroxyl groups excluding tert-OH is 1. The third-order valence-corrected chi connectivity index (χ3v) is 6.17. The standard InChI is InChI=1S/C21H20FN3O/c1-2-14-18(26)9-10-21(12-3-5-13(22)6-4-12)11-16-15(19(14)21)7-8-17-20(16)24-25-23-17/h3-8,18,26H,2,9-11H2,1H3,(H,23,24,25)/t18?,21-/m0/s1. The molecule has 2 aromatic carbocycles. The van der Waals surface area contributed by atoms with Crippen LogP contribution in [0.5, 0.6) is 0 Å². The quantitative estimate of drug-likeness (QED) is 0.737. The van der Waals surface area contributed by atoms with Gasteiger partial charge in [0, 0.05) is 5.41 Å². The maximum absolute atomic E-state index is 13.6. The van der Waals surface area contributed by atoms with Crippen LogP contribution in [-0.2, 0) is 11.8 Å². The SMILES string of the molecule is CCC1=C2c3ccc4n[nH]nc4c3C[C@]2(c2ccc(F)cc2)CCC1O. The molecule has 4 nitrogen and oxygen atoms in total. The Kier molecular flexibility index (Phi) is 3.31. The van der Waals surface area contributed by atoms with E-state index in [4.69, 9.17) is 0 Å². The van der Waals surface area contributed by atoms with Crippen molar-refractivity contribution >= 4 is 16.6 Å². The lowest BCUT2D eigenvalue weighted by Gasteiger charge is -2.39. The molecule has 0 fully saturated rings. The summed E-state index contributed by atoms with van der Waals surface area (Å²) in [5.41, 5.74) is 7.29. The van der Waals surface area contributed by atoms with Gasteiger partial charge in [0.25, 0.3) is 0 Å². The zero-order valence-electron chi connectivity index (χ0n) is 14.6. The van der Waals surface area contributed by atoms with Crippen molar-refractivity contribution < 1.29 is 9.50 Å². The van der Waals surface area contributed by atoms with Crippen LogP contribution in [0, 0.1) is 5.82 Å². The number of hydrogen-bond acceptors (Lipinski definition) is 3. The molecular weight excluding hydrogens is 329 g/mol. The van der Waals surface area contributed by atoms with Gasteiger partial charge in [-0.05, 0) is 71.7 Å². The number of nitrogens with one attached hydrogen (secondary N) is 1. The zero-order valence-corrected chi connectivity index (χ0v) is 14.6. The van der Waals surface area contributed by atoms with E-state index in [1.54, 1.807) is 0 Å². The summed E-state index contributed by atoms with van der Waals surface area (Å²) < 4.78 is 13.6. The summed E-state index contributed by atoms with van der Waals surface area (Å²) in [6.45, 7) is 2.10. The van der Waals surface area contributed by atoms with E-state index in [9.17, 15) is 9.50 Å². The number of nitrogens with zero attached hydrogens (tertiary/aromatic N) is 2. The Labute approximate surface area is 150 Å². The summed E-state index contributed by atoms with van der Waals surface area (Å²) in [5.74, 6) is -0.225. The number of fused-ring (bicyclic) bond motifs is 5. The third-order valence-electron chi connectivity index (χ3n) is 6.17. The van der Waals surface area contributed by atoms with E-state index in [1.165, 1.54) is 23.3 Å². The summed E-state index contributed by atoms with van der Waals surface area (Å²) in [6, 6.07) is 11.0. The first-order valence-electron chi connectivity index (χ1n) is 9.14. The Balaban J connectivity index is 1.83. The Bertz CT molecular complexity index is 1040. The molecular formula is C21H20FN3O. The topological polar surface area (TPSA) is 61.8 Å². The van der Waals surface area contributed by atoms with Crippen LogP contribution in [0.3, 0.4) is 0 Å². The highest BCUT2D eigenvalue weighted by Crippen LogP contribution is 2.57. The Morgan fingerprint density at radius 3 is 2.77 bits per heavy atom. The maximum Gasteiger partial charge on any atom is 0.123 e. The fourth-order valence-corrected chi connectivity index (χ4v) is 5.02. The second-order valence-corrected chi connectivity index (χ2v) is 7.36. The highest BCUT2D eigenvalue weighted by Gasteiger charge is 2.48. The molecule has 3 aromatic rings. The fraction of sp³-hybridized carbons (Fsp3) is 0.333. The molecule has 2 aliphatic rings. The molecule has 0 saturated carbocycles. The second-order valence-electron chi connectivity index (χ2n) is 7.36. The number of benzene rings is 2. The van der Waals surface area contributed by atoms with Crippen LogP contribution in [0.4, 0.5) is 4.39 Å². The van der Waals surface area contributed by atoms with Crippen LogP contribution in [0.1, 0.15) is 42.9 Å². The van der Waals surface area contributed by atoms with Gasteiger partial charge in [0.2, 0.25) is 0 Å². The monoisotopic (exact) mass is 349 g/mol. The summed E-state index contributed by atoms with van der Waals surface area (Å²) in [4.78, 5) is 0. The molecule has 0 spiro atoms. The van der Waals surface area contributed by atoms with Crippen molar-refractivity contribution in [3.05, 3.63) is 64.5 Å². The van der Waals surface area contributed by atoms with E-state index in [2.05, 4.69) is 28.4 Å². The molecule has 0 bridgehead atoms. The average molecular weight is 349 g/mol. The van der Waals surface area contributed by atoms with Gasteiger partial charge in [-0.25, -0.2) is 4.39 Å². The number of H-pyrrole nitrogens is 1. The minimum atomic E-state index is -0.414. The average Bonchev–Trinajstić information content (AvgIpc) is 3.25. The van der Waals surface area contributed by atoms with Gasteiger partial charge >= 0.3 is 0 Å². The van der Waals surface area contributed by atoms with Crippen LogP contribution in [-0.4, -0.2) is 26.6 Å². The van der Waals surface area contributed by atoms with Gasteiger partial charge in [-0.1, -0.05) is 25.1 Å². The smallest absolute Gasteiger partial charge is 0.123 e. The van der Waals surface area contributed by atoms with Gasteiger partial charge in [0.15, 0.2) is 0 Å². The predicted molar refractivity (Wildman–Crippen MR) is 98.1 cm³/mol. The van der Waals surface area contributed by atoms with Gasteiger partial charge in [0.1, 0.15) is 16.9 Å². The highest BCUT2D eigenvalue weighted by atomic mass is 19.1. The lowest BCUT2D eigenvalue weighted by molar-refractivity contribution is 0.176. The van der Waals surface area contributed by atoms with Crippen molar-refractivity contribution in [1.82, 2.24) is 15.4 Å². The fourth-order valence-electron chi connectivity index (χ4n) is 5.02. The van der Waals surface area contributed by atoms with E-state index >= 15 is 0 Å². The van der Waals surface area contributed by atoms with Crippen LogP contribution in [0.25, 0.3) is 16.6 Å². The van der Waals surface area contributed by atoms with Crippen molar-refractivity contribution in [1.29, 1.82) is 0 Å². The molecule has 5 heteroatoms. The minimum Gasteiger partial charge on any atom is -0.389 e. The minimum absolute atomic E-state index is 0.225. The number of aromatic amines is 1. The van der Waals surface area contributed by atoms with Gasteiger partial charge in [-0.3, -0.25) is 0 Å². The summed E-state index contributed by atoms with van der Waals surface area (Å²) in [6.07, 6.45) is 2.76. The van der Waals surface area contributed by atoms with Gasteiger partial charge < -0.3 is 5.11 Å². The van der Waals surface area contributed by atoms with E-state index in [1.807, 2.05) is 18.2 Å². The van der Waals surface area contributed by atoms with Crippen molar-refractivity contribution in [2.24, 2.45) is 0 Å². The molecule has 0 aliphatic heterocycles. The molecule has 132 valence electrons. The van der Waals surface area contributed by atoms with Crippen LogP contribution in [0.2, 0.25) is 0 Å². The Morgan fingerprint density at radius 1 is 1.19 bits per heavy atom. The molecule has 26 heavy (non-hydrogen) atoms. The number of hydrogen-bond donors (Lipinski definition) is 2. The van der Waals surface area contributed by atoms with Crippen molar-refractivity contribution in [3.63, 3.8) is 0 Å². The first kappa shape index (κ1) is 15.7. The van der Waals surface area contributed by atoms with Crippen LogP contribution < -0.4 is 0 Å². The summed E-state index contributed by atoms with van der Waals surface area (Å²) in [5, 5.41) is 22.0. The van der Waals surface area contributed by atoms with Crippen molar-refractivity contribution in [2.75, 3.05) is 0 Å². The Hall–Kier alpha value is -2.53. The van der Waals surface area contributed by atoms with Gasteiger partial charge in [-0.15, -0.1) is 0 Å².